The molecule has 0 saturated heterocycles. The van der Waals surface area contributed by atoms with Crippen LogP contribution >= 0.6 is 11.6 Å². The molecule has 0 bridgehead atoms. The number of hydrogen-bond acceptors (Lipinski definition) is 1. The first-order chi connectivity index (χ1) is 7.70. The first kappa shape index (κ1) is 13.5. The van der Waals surface area contributed by atoms with Crippen LogP contribution in [0.2, 0.25) is 0 Å². The molecule has 16 heavy (non-hydrogen) atoms. The average molecular weight is 241 g/mol. The number of halogens is 1. The molecule has 0 aliphatic rings. The Morgan fingerprint density at radius 1 is 1.19 bits per heavy atom. The van der Waals surface area contributed by atoms with Gasteiger partial charge in [0.05, 0.1) is 5.38 Å². The largest absolute Gasteiger partial charge is 0.381 e. The van der Waals surface area contributed by atoms with Crippen molar-refractivity contribution >= 4 is 11.6 Å². The van der Waals surface area contributed by atoms with E-state index < -0.39 is 0 Å². The topological polar surface area (TPSA) is 9.23 Å². The van der Waals surface area contributed by atoms with Crippen molar-refractivity contribution in [3.05, 3.63) is 35.9 Å². The molecule has 0 aliphatic heterocycles. The summed E-state index contributed by atoms with van der Waals surface area (Å²) in [6.45, 7) is 5.98. The molecule has 2 heteroatoms. The lowest BCUT2D eigenvalue weighted by atomic mass is 10.1. The summed E-state index contributed by atoms with van der Waals surface area (Å²) < 4.78 is 5.52. The second kappa shape index (κ2) is 7.70. The van der Waals surface area contributed by atoms with Crippen LogP contribution in [0.1, 0.15) is 37.6 Å². The fourth-order valence-electron chi connectivity index (χ4n) is 1.51. The molecule has 1 rings (SSSR count). The minimum atomic E-state index is 0.115. The maximum Gasteiger partial charge on any atom is 0.0586 e. The van der Waals surface area contributed by atoms with Crippen LogP contribution in [0.3, 0.4) is 0 Å². The summed E-state index contributed by atoms with van der Waals surface area (Å²) in [6.07, 6.45) is 2.00. The Morgan fingerprint density at radius 3 is 2.50 bits per heavy atom. The Morgan fingerprint density at radius 2 is 1.88 bits per heavy atom. The van der Waals surface area contributed by atoms with E-state index in [2.05, 4.69) is 26.0 Å². The molecule has 0 radical (unpaired) electrons. The fraction of sp³-hybridized carbons (Fsp3) is 0.571. The van der Waals surface area contributed by atoms with Crippen LogP contribution in [-0.2, 0) is 4.74 Å². The van der Waals surface area contributed by atoms with E-state index in [1.54, 1.807) is 0 Å². The van der Waals surface area contributed by atoms with Gasteiger partial charge in [0.15, 0.2) is 0 Å². The maximum atomic E-state index is 6.29. The minimum absolute atomic E-state index is 0.115. The van der Waals surface area contributed by atoms with Crippen LogP contribution < -0.4 is 0 Å². The zero-order valence-corrected chi connectivity index (χ0v) is 10.9. The number of hydrogen-bond donors (Lipinski definition) is 0. The SMILES string of the molecule is CC(C)COCCCC(Cl)c1ccccc1. The molecule has 90 valence electrons. The predicted octanol–water partition coefficient (Wildman–Crippen LogP) is 4.42. The van der Waals surface area contributed by atoms with Crippen molar-refractivity contribution in [2.24, 2.45) is 5.92 Å². The van der Waals surface area contributed by atoms with Crippen molar-refractivity contribution < 1.29 is 4.74 Å². The van der Waals surface area contributed by atoms with E-state index in [9.17, 15) is 0 Å². The van der Waals surface area contributed by atoms with Crippen LogP contribution in [0.25, 0.3) is 0 Å². The lowest BCUT2D eigenvalue weighted by Crippen LogP contribution is -2.03. The Balaban J connectivity index is 2.14. The third-order valence-corrected chi connectivity index (χ3v) is 2.83. The number of ether oxygens (including phenoxy) is 1. The molecule has 1 aromatic carbocycles. The van der Waals surface area contributed by atoms with Gasteiger partial charge in [0, 0.05) is 13.2 Å². The number of rotatable bonds is 7. The van der Waals surface area contributed by atoms with Crippen molar-refractivity contribution in [1.82, 2.24) is 0 Å². The highest BCUT2D eigenvalue weighted by Crippen LogP contribution is 2.24. The van der Waals surface area contributed by atoms with Crippen molar-refractivity contribution in [3.63, 3.8) is 0 Å². The second-order valence-electron chi connectivity index (χ2n) is 4.49. The van der Waals surface area contributed by atoms with Crippen molar-refractivity contribution in [2.75, 3.05) is 13.2 Å². The van der Waals surface area contributed by atoms with Crippen molar-refractivity contribution in [3.8, 4) is 0 Å². The van der Waals surface area contributed by atoms with Gasteiger partial charge in [-0.2, -0.15) is 0 Å². The minimum Gasteiger partial charge on any atom is -0.381 e. The number of alkyl halides is 1. The fourth-order valence-corrected chi connectivity index (χ4v) is 1.81. The van der Waals surface area contributed by atoms with Gasteiger partial charge in [-0.3, -0.25) is 0 Å². The van der Waals surface area contributed by atoms with Gasteiger partial charge in [-0.1, -0.05) is 44.2 Å². The molecule has 0 amide bonds. The van der Waals surface area contributed by atoms with Crippen molar-refractivity contribution in [1.29, 1.82) is 0 Å². The van der Waals surface area contributed by atoms with Crippen LogP contribution in [0.5, 0.6) is 0 Å². The molecule has 0 saturated carbocycles. The van der Waals surface area contributed by atoms with Crippen LogP contribution in [0, 0.1) is 5.92 Å². The van der Waals surface area contributed by atoms with Gasteiger partial charge < -0.3 is 4.74 Å². The standard InChI is InChI=1S/C14H21ClO/c1-12(2)11-16-10-6-9-14(15)13-7-4-3-5-8-13/h3-5,7-8,12,14H,6,9-11H2,1-2H3. The number of benzene rings is 1. The molecular weight excluding hydrogens is 220 g/mol. The summed E-state index contributed by atoms with van der Waals surface area (Å²) in [5.74, 6) is 0.612. The molecule has 0 N–H and O–H groups in total. The lowest BCUT2D eigenvalue weighted by molar-refractivity contribution is 0.106. The highest BCUT2D eigenvalue weighted by Gasteiger charge is 2.06. The highest BCUT2D eigenvalue weighted by molar-refractivity contribution is 6.20. The summed E-state index contributed by atoms with van der Waals surface area (Å²) >= 11 is 6.29. The third kappa shape index (κ3) is 5.53. The first-order valence-electron chi connectivity index (χ1n) is 5.97. The average Bonchev–Trinajstić information content (AvgIpc) is 2.29. The van der Waals surface area contributed by atoms with E-state index in [0.29, 0.717) is 5.92 Å². The zero-order valence-electron chi connectivity index (χ0n) is 10.2. The molecule has 1 aromatic rings. The molecule has 0 aliphatic carbocycles. The Labute approximate surface area is 104 Å². The monoisotopic (exact) mass is 240 g/mol. The van der Waals surface area contributed by atoms with Gasteiger partial charge in [-0.15, -0.1) is 11.6 Å². The molecule has 0 fully saturated rings. The molecule has 0 aromatic heterocycles. The Kier molecular flexibility index (Phi) is 6.51. The second-order valence-corrected chi connectivity index (χ2v) is 5.02. The Hall–Kier alpha value is -0.530. The van der Waals surface area contributed by atoms with Gasteiger partial charge in [0.25, 0.3) is 0 Å². The molecular formula is C14H21ClO. The third-order valence-electron chi connectivity index (χ3n) is 2.36. The van der Waals surface area contributed by atoms with Gasteiger partial charge in [0.2, 0.25) is 0 Å². The van der Waals surface area contributed by atoms with Crippen LogP contribution in [0.4, 0.5) is 0 Å². The van der Waals surface area contributed by atoms with Gasteiger partial charge in [0.1, 0.15) is 0 Å². The molecule has 1 unspecified atom stereocenters. The van der Waals surface area contributed by atoms with E-state index in [4.69, 9.17) is 16.3 Å². The Bertz CT molecular complexity index is 271. The summed E-state index contributed by atoms with van der Waals surface area (Å²) in [5.41, 5.74) is 1.20. The first-order valence-corrected chi connectivity index (χ1v) is 6.40. The van der Waals surface area contributed by atoms with E-state index in [0.717, 1.165) is 26.1 Å². The quantitative estimate of drug-likeness (QED) is 0.507. The molecule has 0 heterocycles. The van der Waals surface area contributed by atoms with Crippen LogP contribution in [0.15, 0.2) is 30.3 Å². The molecule has 1 nitrogen and oxygen atoms in total. The lowest BCUT2D eigenvalue weighted by Gasteiger charge is -2.10. The van der Waals surface area contributed by atoms with E-state index in [-0.39, 0.29) is 5.38 Å². The molecule has 1 atom stereocenters. The van der Waals surface area contributed by atoms with Gasteiger partial charge >= 0.3 is 0 Å². The predicted molar refractivity (Wildman–Crippen MR) is 69.9 cm³/mol. The zero-order chi connectivity index (χ0) is 11.8. The normalized spacial score (nSPS) is 13.0. The van der Waals surface area contributed by atoms with Crippen LogP contribution in [-0.4, -0.2) is 13.2 Å². The molecule has 0 spiro atoms. The van der Waals surface area contributed by atoms with E-state index in [1.165, 1.54) is 5.56 Å². The van der Waals surface area contributed by atoms with E-state index >= 15 is 0 Å². The van der Waals surface area contributed by atoms with E-state index in [1.807, 2.05) is 18.2 Å². The highest BCUT2D eigenvalue weighted by atomic mass is 35.5. The van der Waals surface area contributed by atoms with Gasteiger partial charge in [-0.25, -0.2) is 0 Å². The van der Waals surface area contributed by atoms with Crippen molar-refractivity contribution in [2.45, 2.75) is 32.1 Å². The summed E-state index contributed by atoms with van der Waals surface area (Å²) in [6, 6.07) is 10.2. The summed E-state index contributed by atoms with van der Waals surface area (Å²) in [4.78, 5) is 0. The van der Waals surface area contributed by atoms with Gasteiger partial charge in [-0.05, 0) is 24.3 Å². The maximum absolute atomic E-state index is 6.29. The summed E-state index contributed by atoms with van der Waals surface area (Å²) in [5, 5.41) is 0.115. The smallest absolute Gasteiger partial charge is 0.0586 e. The summed E-state index contributed by atoms with van der Waals surface area (Å²) in [7, 11) is 0.